The van der Waals surface area contributed by atoms with E-state index >= 15 is 0 Å². The van der Waals surface area contributed by atoms with E-state index in [0.717, 1.165) is 5.56 Å². The van der Waals surface area contributed by atoms with Gasteiger partial charge in [0.1, 0.15) is 23.7 Å². The highest BCUT2D eigenvalue weighted by Gasteiger charge is 2.32. The molecule has 7 N–H and O–H groups in total. The second kappa shape index (κ2) is 17.2. The highest BCUT2D eigenvalue weighted by molar-refractivity contribution is 7.89. The van der Waals surface area contributed by atoms with Gasteiger partial charge in [0.2, 0.25) is 21.8 Å². The maximum Gasteiger partial charge on any atom is 0.408 e. The van der Waals surface area contributed by atoms with Crippen LogP contribution in [0.4, 0.5) is 4.79 Å². The summed E-state index contributed by atoms with van der Waals surface area (Å²) in [4.78, 5) is 51.5. The number of carbonyl (C=O) groups is 4. The Balaban J connectivity index is 3.01. The van der Waals surface area contributed by atoms with Crippen LogP contribution in [0, 0.1) is 18.8 Å². The number of benzene rings is 1. The summed E-state index contributed by atoms with van der Waals surface area (Å²) in [5.41, 5.74) is 2.21. The molecule has 4 amide bonds. The van der Waals surface area contributed by atoms with E-state index in [-0.39, 0.29) is 29.7 Å². The van der Waals surface area contributed by atoms with Crippen molar-refractivity contribution in [3.05, 3.63) is 29.8 Å². The van der Waals surface area contributed by atoms with Crippen LogP contribution in [0.3, 0.4) is 0 Å². The Morgan fingerprint density at radius 3 is 1.95 bits per heavy atom. The first kappa shape index (κ1) is 37.8. The molecule has 0 aromatic heterocycles. The van der Waals surface area contributed by atoms with Crippen molar-refractivity contribution in [2.45, 2.75) is 110 Å². The molecule has 0 radical (unpaired) electrons. The van der Waals surface area contributed by atoms with Gasteiger partial charge < -0.3 is 20.7 Å². The maximum absolute atomic E-state index is 13.4. The first-order valence-electron chi connectivity index (χ1n) is 14.5. The van der Waals surface area contributed by atoms with Gasteiger partial charge >= 0.3 is 6.09 Å². The largest absolute Gasteiger partial charge is 0.444 e. The topological polar surface area (TPSA) is 198 Å². The minimum absolute atomic E-state index is 0.0561. The van der Waals surface area contributed by atoms with Crippen molar-refractivity contribution < 1.29 is 32.3 Å². The second-order valence-corrected chi connectivity index (χ2v) is 14.1. The predicted octanol–water partition coefficient (Wildman–Crippen LogP) is 2.00. The number of carbonyl (C=O) groups excluding carboxylic acids is 4. The normalized spacial score (nSPS) is 14.0. The minimum Gasteiger partial charge on any atom is -0.444 e. The lowest BCUT2D eigenvalue weighted by Crippen LogP contribution is -2.58. The third-order valence-corrected chi connectivity index (χ3v) is 7.76. The summed E-state index contributed by atoms with van der Waals surface area (Å²) in [6.07, 6.45) is 0.399. The molecule has 0 saturated heterocycles. The Morgan fingerprint density at radius 1 is 0.860 bits per heavy atom. The van der Waals surface area contributed by atoms with Gasteiger partial charge in [0.15, 0.2) is 0 Å². The number of sulfonamides is 1. The van der Waals surface area contributed by atoms with E-state index in [1.165, 1.54) is 12.1 Å². The molecule has 1 aromatic carbocycles. The Hall–Kier alpha value is -3.23. The average Bonchev–Trinajstić information content (AvgIpc) is 2.88. The lowest BCUT2D eigenvalue weighted by molar-refractivity contribution is -0.133. The highest BCUT2D eigenvalue weighted by atomic mass is 32.2. The molecule has 1 rings (SSSR count). The number of alkyl carbamates (subject to hydrolysis) is 1. The van der Waals surface area contributed by atoms with E-state index in [9.17, 15) is 27.6 Å². The zero-order chi connectivity index (χ0) is 33.0. The average molecular weight is 627 g/mol. The van der Waals surface area contributed by atoms with Gasteiger partial charge in [-0.2, -0.15) is 0 Å². The first-order valence-corrected chi connectivity index (χ1v) is 16.0. The lowest BCUT2D eigenvalue weighted by Gasteiger charge is -2.28. The molecule has 0 bridgehead atoms. The Morgan fingerprint density at radius 2 is 1.44 bits per heavy atom. The van der Waals surface area contributed by atoms with Crippen LogP contribution in [0.5, 0.6) is 0 Å². The minimum atomic E-state index is -3.71. The fourth-order valence-electron chi connectivity index (χ4n) is 4.06. The van der Waals surface area contributed by atoms with Crippen molar-refractivity contribution in [2.24, 2.45) is 17.7 Å². The van der Waals surface area contributed by atoms with Gasteiger partial charge in [0, 0.05) is 6.54 Å². The predicted molar refractivity (Wildman–Crippen MR) is 164 cm³/mol. The number of rotatable bonds is 16. The second-order valence-electron chi connectivity index (χ2n) is 12.3. The molecule has 3 atom stereocenters. The van der Waals surface area contributed by atoms with Crippen LogP contribution in [-0.4, -0.2) is 62.5 Å². The molecule has 0 unspecified atom stereocenters. The summed E-state index contributed by atoms with van der Waals surface area (Å²) in [7, 11) is -3.71. The number of amides is 4. The Labute approximate surface area is 255 Å². The highest BCUT2D eigenvalue weighted by Crippen LogP contribution is 2.13. The van der Waals surface area contributed by atoms with E-state index < -0.39 is 57.6 Å². The van der Waals surface area contributed by atoms with Crippen LogP contribution in [0.25, 0.3) is 0 Å². The molecular weight excluding hydrogens is 576 g/mol. The van der Waals surface area contributed by atoms with Crippen LogP contribution in [-0.2, 0) is 29.1 Å². The molecule has 0 heterocycles. The van der Waals surface area contributed by atoms with Crippen molar-refractivity contribution >= 4 is 33.8 Å². The standard InChI is InChI=1S/C29H50N6O7S/c1-18(2)17-23(26(37)35-30)33-25(36)22(32-27(38)24(19(3)4)34-28(39)42-29(6,7)8)11-9-10-16-31-43(40,41)21-14-12-20(5)13-15-21/h12-15,18-19,22-24,31H,9-11,16-17,30H2,1-8H3,(H,32,38)(H,33,36)(H,34,39)(H,35,37)/t22-,23-,24-/m0/s1. The van der Waals surface area contributed by atoms with Crippen molar-refractivity contribution in [3.63, 3.8) is 0 Å². The lowest BCUT2D eigenvalue weighted by atomic mass is 10.0. The van der Waals surface area contributed by atoms with Gasteiger partial charge in [-0.3, -0.25) is 19.8 Å². The first-order chi connectivity index (χ1) is 19.9. The van der Waals surface area contributed by atoms with Crippen LogP contribution < -0.4 is 31.9 Å². The van der Waals surface area contributed by atoms with Crippen LogP contribution >= 0.6 is 0 Å². The quantitative estimate of drug-likeness (QED) is 0.0693. The SMILES string of the molecule is Cc1ccc(S(=O)(=O)NCCCC[C@H](NC(=O)[C@@H](NC(=O)OC(C)(C)C)C(C)C)C(=O)N[C@@H](CC(C)C)C(=O)NN)cc1. The zero-order valence-corrected chi connectivity index (χ0v) is 27.4. The molecule has 0 saturated carbocycles. The molecule has 14 heteroatoms. The summed E-state index contributed by atoms with van der Waals surface area (Å²) in [6.45, 7) is 14.3. The monoisotopic (exact) mass is 626 g/mol. The van der Waals surface area contributed by atoms with Crippen molar-refractivity contribution in [1.29, 1.82) is 0 Å². The molecule has 0 aliphatic rings. The van der Waals surface area contributed by atoms with Gasteiger partial charge in [0.25, 0.3) is 5.91 Å². The van der Waals surface area contributed by atoms with Gasteiger partial charge in [-0.1, -0.05) is 45.4 Å². The van der Waals surface area contributed by atoms with E-state index in [4.69, 9.17) is 10.6 Å². The molecule has 1 aromatic rings. The summed E-state index contributed by atoms with van der Waals surface area (Å²) in [6, 6.07) is 3.44. The zero-order valence-electron chi connectivity index (χ0n) is 26.6. The van der Waals surface area contributed by atoms with E-state index in [1.54, 1.807) is 46.8 Å². The molecule has 244 valence electrons. The van der Waals surface area contributed by atoms with Gasteiger partial charge in [-0.15, -0.1) is 0 Å². The van der Waals surface area contributed by atoms with Crippen molar-refractivity contribution in [3.8, 4) is 0 Å². The van der Waals surface area contributed by atoms with Gasteiger partial charge in [0.05, 0.1) is 4.90 Å². The van der Waals surface area contributed by atoms with E-state index in [2.05, 4.69) is 26.1 Å². The number of hydrazine groups is 1. The fraction of sp³-hybridized carbons (Fsp3) is 0.655. The van der Waals surface area contributed by atoms with Gasteiger partial charge in [-0.25, -0.2) is 23.8 Å². The number of ether oxygens (including phenoxy) is 1. The molecule has 13 nitrogen and oxygen atoms in total. The molecule has 0 aliphatic carbocycles. The van der Waals surface area contributed by atoms with E-state index in [0.29, 0.717) is 19.3 Å². The number of hydrogen-bond donors (Lipinski definition) is 6. The summed E-state index contributed by atoms with van der Waals surface area (Å²) >= 11 is 0. The van der Waals surface area contributed by atoms with Gasteiger partial charge in [-0.05, 0) is 77.3 Å². The number of unbranched alkanes of at least 4 members (excludes halogenated alkanes) is 1. The third kappa shape index (κ3) is 14.2. The number of nitrogens with two attached hydrogens (primary N) is 1. The number of hydrogen-bond acceptors (Lipinski definition) is 8. The number of nitrogens with one attached hydrogen (secondary N) is 5. The number of aryl methyl sites for hydroxylation is 1. The van der Waals surface area contributed by atoms with Crippen LogP contribution in [0.1, 0.15) is 79.7 Å². The summed E-state index contributed by atoms with van der Waals surface area (Å²) in [5, 5.41) is 7.92. The molecular formula is C29H50N6O7S. The third-order valence-electron chi connectivity index (χ3n) is 6.28. The molecule has 43 heavy (non-hydrogen) atoms. The van der Waals surface area contributed by atoms with E-state index in [1.807, 2.05) is 20.8 Å². The molecule has 0 fully saturated rings. The fourth-order valence-corrected chi connectivity index (χ4v) is 5.13. The maximum atomic E-state index is 13.4. The summed E-state index contributed by atoms with van der Waals surface area (Å²) < 4.78 is 33.0. The van der Waals surface area contributed by atoms with Crippen LogP contribution in [0.15, 0.2) is 29.2 Å². The van der Waals surface area contributed by atoms with Crippen molar-refractivity contribution in [1.82, 2.24) is 26.1 Å². The Bertz CT molecular complexity index is 1180. The Kier molecular flexibility index (Phi) is 15.1. The molecule has 0 aliphatic heterocycles. The smallest absolute Gasteiger partial charge is 0.408 e. The molecule has 0 spiro atoms. The summed E-state index contributed by atoms with van der Waals surface area (Å²) in [5.74, 6) is 3.23. The van der Waals surface area contributed by atoms with Crippen LogP contribution in [0.2, 0.25) is 0 Å². The van der Waals surface area contributed by atoms with Crippen molar-refractivity contribution in [2.75, 3.05) is 6.54 Å².